The van der Waals surface area contributed by atoms with E-state index < -0.39 is 0 Å². The van der Waals surface area contributed by atoms with Gasteiger partial charge in [-0.25, -0.2) is 0 Å². The first-order chi connectivity index (χ1) is 10.6. The fourth-order valence-corrected chi connectivity index (χ4v) is 2.79. The molecule has 0 saturated carbocycles. The van der Waals surface area contributed by atoms with E-state index in [1.54, 1.807) is 13.2 Å². The molecule has 22 heavy (non-hydrogen) atoms. The molecule has 0 aromatic carbocycles. The molecule has 0 aliphatic carbocycles. The zero-order valence-corrected chi connectivity index (χ0v) is 13.7. The predicted octanol–water partition coefficient (Wildman–Crippen LogP) is 0.344. The maximum atomic E-state index is 11.4. The summed E-state index contributed by atoms with van der Waals surface area (Å²) in [6.45, 7) is 2.58. The molecule has 0 atom stereocenters. The minimum absolute atomic E-state index is 0.136. The highest BCUT2D eigenvalue weighted by Crippen LogP contribution is 2.20. The van der Waals surface area contributed by atoms with Crippen LogP contribution in [-0.2, 0) is 18.4 Å². The second-order valence-corrected chi connectivity index (χ2v) is 5.65. The summed E-state index contributed by atoms with van der Waals surface area (Å²) < 4.78 is 1.86. The molecule has 1 aliphatic rings. The molecule has 0 spiro atoms. The first-order valence-electron chi connectivity index (χ1n) is 7.77. The van der Waals surface area contributed by atoms with E-state index in [0.717, 1.165) is 37.6 Å². The number of carbonyl (C=O) groups is 1. The number of carbonyl (C=O) groups excluding carboxylic acids is 1. The Morgan fingerprint density at radius 1 is 1.45 bits per heavy atom. The van der Waals surface area contributed by atoms with Crippen molar-refractivity contribution >= 4 is 11.9 Å². The van der Waals surface area contributed by atoms with Crippen LogP contribution >= 0.6 is 0 Å². The van der Waals surface area contributed by atoms with Gasteiger partial charge in [-0.1, -0.05) is 0 Å². The summed E-state index contributed by atoms with van der Waals surface area (Å²) in [4.78, 5) is 18.1. The molecular weight excluding hydrogens is 280 g/mol. The first kappa shape index (κ1) is 16.3. The van der Waals surface area contributed by atoms with Gasteiger partial charge in [0.15, 0.2) is 5.96 Å². The van der Waals surface area contributed by atoms with Crippen LogP contribution in [0, 0.1) is 5.92 Å². The molecule has 7 heteroatoms. The van der Waals surface area contributed by atoms with Crippen LogP contribution in [0.25, 0.3) is 0 Å². The van der Waals surface area contributed by atoms with Crippen LogP contribution in [0.2, 0.25) is 0 Å². The summed E-state index contributed by atoms with van der Waals surface area (Å²) in [6.07, 6.45) is 4.48. The third kappa shape index (κ3) is 4.22. The topological polar surface area (TPSA) is 74.5 Å². The van der Waals surface area contributed by atoms with E-state index in [2.05, 4.69) is 25.6 Å². The van der Waals surface area contributed by atoms with Crippen LogP contribution in [0.1, 0.15) is 25.0 Å². The lowest BCUT2D eigenvalue weighted by Gasteiger charge is -2.34. The molecule has 1 fully saturated rings. The highest BCUT2D eigenvalue weighted by molar-refractivity contribution is 5.80. The zero-order valence-electron chi connectivity index (χ0n) is 13.7. The Kier molecular flexibility index (Phi) is 5.80. The summed E-state index contributed by atoms with van der Waals surface area (Å²) in [5.41, 5.74) is 1.12. The monoisotopic (exact) mass is 306 g/mol. The molecule has 1 aromatic heterocycles. The highest BCUT2D eigenvalue weighted by atomic mass is 16.1. The molecule has 0 bridgehead atoms. The number of rotatable bonds is 4. The van der Waals surface area contributed by atoms with Gasteiger partial charge in [-0.3, -0.25) is 14.5 Å². The van der Waals surface area contributed by atoms with Crippen LogP contribution in [0.3, 0.4) is 0 Å². The SMILES string of the molecule is CN=C(NCc1ccnn1C)N1CCC(CC(=O)NC)CC1. The Balaban J connectivity index is 1.81. The molecule has 1 aromatic rings. The van der Waals surface area contributed by atoms with E-state index in [0.29, 0.717) is 18.9 Å². The van der Waals surface area contributed by atoms with Gasteiger partial charge in [0.05, 0.1) is 12.2 Å². The minimum Gasteiger partial charge on any atom is -0.359 e. The molecule has 0 radical (unpaired) electrons. The van der Waals surface area contributed by atoms with Gasteiger partial charge in [-0.2, -0.15) is 5.10 Å². The maximum Gasteiger partial charge on any atom is 0.220 e. The van der Waals surface area contributed by atoms with Crippen molar-refractivity contribution < 1.29 is 4.79 Å². The predicted molar refractivity (Wildman–Crippen MR) is 86.4 cm³/mol. The fraction of sp³-hybridized carbons (Fsp3) is 0.667. The van der Waals surface area contributed by atoms with Crippen molar-refractivity contribution in [2.24, 2.45) is 18.0 Å². The largest absolute Gasteiger partial charge is 0.359 e. The Morgan fingerprint density at radius 2 is 2.18 bits per heavy atom. The first-order valence-corrected chi connectivity index (χ1v) is 7.77. The Hall–Kier alpha value is -2.05. The van der Waals surface area contributed by atoms with Crippen molar-refractivity contribution in [3.63, 3.8) is 0 Å². The lowest BCUT2D eigenvalue weighted by molar-refractivity contribution is -0.121. The summed E-state index contributed by atoms with van der Waals surface area (Å²) >= 11 is 0. The van der Waals surface area contributed by atoms with Crippen LogP contribution in [-0.4, -0.2) is 53.7 Å². The summed E-state index contributed by atoms with van der Waals surface area (Å²) in [7, 11) is 5.44. The smallest absolute Gasteiger partial charge is 0.220 e. The third-order valence-corrected chi connectivity index (χ3v) is 4.23. The normalized spacial score (nSPS) is 16.7. The van der Waals surface area contributed by atoms with Crippen LogP contribution < -0.4 is 10.6 Å². The van der Waals surface area contributed by atoms with Gasteiger partial charge in [-0.15, -0.1) is 0 Å². The number of aromatic nitrogens is 2. The number of nitrogens with zero attached hydrogens (tertiary/aromatic N) is 4. The quantitative estimate of drug-likeness (QED) is 0.621. The maximum absolute atomic E-state index is 11.4. The van der Waals surface area contributed by atoms with Crippen molar-refractivity contribution in [1.82, 2.24) is 25.3 Å². The minimum atomic E-state index is 0.136. The highest BCUT2D eigenvalue weighted by Gasteiger charge is 2.23. The fourth-order valence-electron chi connectivity index (χ4n) is 2.79. The molecular formula is C15H26N6O. The van der Waals surface area contributed by atoms with Crippen LogP contribution in [0.15, 0.2) is 17.3 Å². The lowest BCUT2D eigenvalue weighted by Crippen LogP contribution is -2.45. The number of piperidine rings is 1. The van der Waals surface area contributed by atoms with Crippen molar-refractivity contribution in [3.05, 3.63) is 18.0 Å². The molecule has 2 rings (SSSR count). The van der Waals surface area contributed by atoms with Crippen LogP contribution in [0.4, 0.5) is 0 Å². The lowest BCUT2D eigenvalue weighted by atomic mass is 9.93. The molecule has 2 heterocycles. The van der Waals surface area contributed by atoms with Crippen molar-refractivity contribution in [2.45, 2.75) is 25.8 Å². The third-order valence-electron chi connectivity index (χ3n) is 4.23. The van der Waals surface area contributed by atoms with E-state index >= 15 is 0 Å². The van der Waals surface area contributed by atoms with Gasteiger partial charge in [-0.05, 0) is 24.8 Å². The number of hydrogen-bond acceptors (Lipinski definition) is 3. The standard InChI is InChI=1S/C15H26N6O/c1-16-14(22)10-12-5-8-21(9-6-12)15(17-2)18-11-13-4-7-19-20(13)3/h4,7,12H,5-6,8-11H2,1-3H3,(H,16,22)(H,17,18). The van der Waals surface area contributed by atoms with Crippen molar-refractivity contribution in [2.75, 3.05) is 27.2 Å². The number of guanidine groups is 1. The van der Waals surface area contributed by atoms with Crippen molar-refractivity contribution in [1.29, 1.82) is 0 Å². The molecule has 7 nitrogen and oxygen atoms in total. The molecule has 122 valence electrons. The van der Waals surface area contributed by atoms with Gasteiger partial charge in [0.1, 0.15) is 0 Å². The average molecular weight is 306 g/mol. The Morgan fingerprint density at radius 3 is 2.73 bits per heavy atom. The number of aliphatic imine (C=N–C) groups is 1. The number of likely N-dealkylation sites (tertiary alicyclic amines) is 1. The molecule has 1 saturated heterocycles. The van der Waals surface area contributed by atoms with Crippen LogP contribution in [0.5, 0.6) is 0 Å². The van der Waals surface area contributed by atoms with Gasteiger partial charge in [0, 0.05) is 46.9 Å². The Labute approximate surface area is 131 Å². The average Bonchev–Trinajstić information content (AvgIpc) is 2.94. The molecule has 1 amide bonds. The van der Waals surface area contributed by atoms with Gasteiger partial charge < -0.3 is 15.5 Å². The van der Waals surface area contributed by atoms with E-state index in [-0.39, 0.29) is 5.91 Å². The van der Waals surface area contributed by atoms with E-state index in [1.165, 1.54) is 0 Å². The second kappa shape index (κ2) is 7.82. The number of amides is 1. The van der Waals surface area contributed by atoms with Gasteiger partial charge in [0.25, 0.3) is 0 Å². The van der Waals surface area contributed by atoms with E-state index in [9.17, 15) is 4.79 Å². The second-order valence-electron chi connectivity index (χ2n) is 5.65. The van der Waals surface area contributed by atoms with Gasteiger partial charge >= 0.3 is 0 Å². The number of aryl methyl sites for hydroxylation is 1. The Bertz CT molecular complexity index is 516. The molecule has 0 unspecified atom stereocenters. The van der Waals surface area contributed by atoms with Gasteiger partial charge in [0.2, 0.25) is 5.91 Å². The van der Waals surface area contributed by atoms with E-state index in [4.69, 9.17) is 0 Å². The molecule has 2 N–H and O–H groups in total. The van der Waals surface area contributed by atoms with E-state index in [1.807, 2.05) is 24.8 Å². The number of nitrogens with one attached hydrogen (secondary N) is 2. The zero-order chi connectivity index (χ0) is 15.9. The summed E-state index contributed by atoms with van der Waals surface area (Å²) in [5, 5.41) is 10.3. The summed E-state index contributed by atoms with van der Waals surface area (Å²) in [6, 6.07) is 2.00. The van der Waals surface area contributed by atoms with Crippen molar-refractivity contribution in [3.8, 4) is 0 Å². The summed E-state index contributed by atoms with van der Waals surface area (Å²) in [5.74, 6) is 1.53. The number of hydrogen-bond donors (Lipinski definition) is 2. The molecule has 1 aliphatic heterocycles.